The third kappa shape index (κ3) is 4.39. The number of guanidine groups is 1. The molecule has 0 bridgehead atoms. The first-order valence-electron chi connectivity index (χ1n) is 8.56. The maximum absolute atomic E-state index is 6.26. The van der Waals surface area contributed by atoms with Crippen LogP contribution in [0.2, 0.25) is 5.02 Å². The molecule has 2 fully saturated rings. The molecule has 126 valence electrons. The first-order valence-corrected chi connectivity index (χ1v) is 8.94. The van der Waals surface area contributed by atoms with E-state index in [9.17, 15) is 0 Å². The van der Waals surface area contributed by atoms with Crippen LogP contribution in [0, 0.1) is 5.92 Å². The molecule has 1 aromatic carbocycles. The zero-order valence-corrected chi connectivity index (χ0v) is 14.9. The number of nitrogens with zero attached hydrogens (tertiary/aromatic N) is 3. The van der Waals surface area contributed by atoms with Crippen LogP contribution in [-0.4, -0.2) is 55.5 Å². The summed E-state index contributed by atoms with van der Waals surface area (Å²) >= 11 is 6.26. The molecular weight excluding hydrogens is 308 g/mol. The van der Waals surface area contributed by atoms with Crippen LogP contribution in [0.5, 0.6) is 0 Å². The van der Waals surface area contributed by atoms with Crippen LogP contribution in [0.25, 0.3) is 0 Å². The van der Waals surface area contributed by atoms with Gasteiger partial charge in [-0.25, -0.2) is 0 Å². The van der Waals surface area contributed by atoms with Gasteiger partial charge in [0.2, 0.25) is 0 Å². The normalized spacial score (nSPS) is 22.4. The molecule has 4 nitrogen and oxygen atoms in total. The largest absolute Gasteiger partial charge is 0.356 e. The van der Waals surface area contributed by atoms with E-state index in [0.717, 1.165) is 41.6 Å². The highest BCUT2D eigenvalue weighted by Crippen LogP contribution is 2.31. The standard InChI is InChI=1S/C18H27ClN4/c1-20-18(22(2)13-15-5-3-4-6-17(15)19)21-11-14-9-10-23(12-14)16-7-8-16/h3-6,14,16H,7-13H2,1-2H3,(H,20,21). The number of hydrogen-bond donors (Lipinski definition) is 1. The topological polar surface area (TPSA) is 30.9 Å². The van der Waals surface area contributed by atoms with Crippen molar-refractivity contribution >= 4 is 17.6 Å². The second kappa shape index (κ2) is 7.54. The quantitative estimate of drug-likeness (QED) is 0.663. The van der Waals surface area contributed by atoms with Gasteiger partial charge in [0.15, 0.2) is 5.96 Å². The second-order valence-corrected chi connectivity index (χ2v) is 7.16. The van der Waals surface area contributed by atoms with E-state index in [0.29, 0.717) is 0 Å². The van der Waals surface area contributed by atoms with Crippen molar-refractivity contribution in [3.63, 3.8) is 0 Å². The Labute approximate surface area is 144 Å². The maximum atomic E-state index is 6.26. The Hall–Kier alpha value is -1.26. The SMILES string of the molecule is CN=C(NCC1CCN(C2CC2)C1)N(C)Cc1ccccc1Cl. The van der Waals surface area contributed by atoms with Gasteiger partial charge in [-0.2, -0.15) is 0 Å². The molecule has 0 radical (unpaired) electrons. The Bertz CT molecular complexity index is 556. The third-order valence-corrected chi connectivity index (χ3v) is 5.24. The lowest BCUT2D eigenvalue weighted by atomic mass is 10.1. The zero-order valence-electron chi connectivity index (χ0n) is 14.1. The first kappa shape index (κ1) is 16.6. The van der Waals surface area contributed by atoms with Crippen molar-refractivity contribution < 1.29 is 0 Å². The molecular formula is C18H27ClN4. The van der Waals surface area contributed by atoms with Gasteiger partial charge in [-0.05, 0) is 43.4 Å². The predicted molar refractivity (Wildman–Crippen MR) is 97.0 cm³/mol. The predicted octanol–water partition coefficient (Wildman–Crippen LogP) is 2.83. The van der Waals surface area contributed by atoms with Crippen molar-refractivity contribution in [3.8, 4) is 0 Å². The van der Waals surface area contributed by atoms with Gasteiger partial charge in [-0.15, -0.1) is 0 Å². The molecule has 0 amide bonds. The second-order valence-electron chi connectivity index (χ2n) is 6.76. The van der Waals surface area contributed by atoms with Crippen LogP contribution in [0.4, 0.5) is 0 Å². The Morgan fingerprint density at radius 2 is 2.13 bits per heavy atom. The molecule has 5 heteroatoms. The van der Waals surface area contributed by atoms with Crippen LogP contribution in [0.15, 0.2) is 29.3 Å². The van der Waals surface area contributed by atoms with Gasteiger partial charge in [0.05, 0.1) is 0 Å². The molecule has 0 spiro atoms. The molecule has 1 saturated heterocycles. The summed E-state index contributed by atoms with van der Waals surface area (Å²) in [5.41, 5.74) is 1.13. The average molecular weight is 335 g/mol. The fourth-order valence-corrected chi connectivity index (χ4v) is 3.57. The van der Waals surface area contributed by atoms with Crippen LogP contribution in [-0.2, 0) is 6.54 Å². The molecule has 1 saturated carbocycles. The van der Waals surface area contributed by atoms with Crippen molar-refractivity contribution in [2.45, 2.75) is 31.8 Å². The number of halogens is 1. The minimum atomic E-state index is 0.737. The van der Waals surface area contributed by atoms with Crippen molar-refractivity contribution in [3.05, 3.63) is 34.9 Å². The molecule has 0 aromatic heterocycles. The molecule has 1 N–H and O–H groups in total. The van der Waals surface area contributed by atoms with Crippen molar-refractivity contribution in [1.29, 1.82) is 0 Å². The van der Waals surface area contributed by atoms with E-state index < -0.39 is 0 Å². The minimum absolute atomic E-state index is 0.737. The van der Waals surface area contributed by atoms with Gasteiger partial charge in [0.1, 0.15) is 0 Å². The third-order valence-electron chi connectivity index (χ3n) is 4.87. The van der Waals surface area contributed by atoms with Gasteiger partial charge in [-0.1, -0.05) is 29.8 Å². The van der Waals surface area contributed by atoms with Crippen molar-refractivity contribution in [1.82, 2.24) is 15.1 Å². The zero-order chi connectivity index (χ0) is 16.2. The smallest absolute Gasteiger partial charge is 0.193 e. The molecule has 3 rings (SSSR count). The number of benzene rings is 1. The first-order chi connectivity index (χ1) is 11.2. The number of rotatable bonds is 5. The molecule has 2 aliphatic rings. The van der Waals surface area contributed by atoms with E-state index in [1.165, 1.54) is 32.4 Å². The summed E-state index contributed by atoms with van der Waals surface area (Å²) in [6.07, 6.45) is 4.11. The lowest BCUT2D eigenvalue weighted by Gasteiger charge is -2.24. The van der Waals surface area contributed by atoms with E-state index in [1.807, 2.05) is 25.2 Å². The summed E-state index contributed by atoms with van der Waals surface area (Å²) in [5, 5.41) is 4.35. The molecule has 1 atom stereocenters. The van der Waals surface area contributed by atoms with Crippen LogP contribution < -0.4 is 5.32 Å². The summed E-state index contributed by atoms with van der Waals surface area (Å²) in [4.78, 5) is 9.21. The summed E-state index contributed by atoms with van der Waals surface area (Å²) in [5.74, 6) is 1.68. The van der Waals surface area contributed by atoms with Crippen LogP contribution in [0.3, 0.4) is 0 Å². The summed E-state index contributed by atoms with van der Waals surface area (Å²) in [6, 6.07) is 8.88. The van der Waals surface area contributed by atoms with Gasteiger partial charge >= 0.3 is 0 Å². The van der Waals surface area contributed by atoms with E-state index in [1.54, 1.807) is 0 Å². The lowest BCUT2D eigenvalue weighted by Crippen LogP contribution is -2.41. The Morgan fingerprint density at radius 3 is 2.83 bits per heavy atom. The van der Waals surface area contributed by atoms with E-state index in [2.05, 4.69) is 33.2 Å². The van der Waals surface area contributed by atoms with Gasteiger partial charge in [0, 0.05) is 44.8 Å². The summed E-state index contributed by atoms with van der Waals surface area (Å²) < 4.78 is 0. The van der Waals surface area contributed by atoms with Crippen molar-refractivity contribution in [2.24, 2.45) is 10.9 Å². The van der Waals surface area contributed by atoms with Gasteiger partial charge in [-0.3, -0.25) is 4.99 Å². The van der Waals surface area contributed by atoms with E-state index >= 15 is 0 Å². The number of hydrogen-bond acceptors (Lipinski definition) is 2. The average Bonchev–Trinajstić information content (AvgIpc) is 3.29. The van der Waals surface area contributed by atoms with Gasteiger partial charge < -0.3 is 15.1 Å². The summed E-state index contributed by atoms with van der Waals surface area (Å²) in [6.45, 7) is 4.27. The fourth-order valence-electron chi connectivity index (χ4n) is 3.38. The molecule has 23 heavy (non-hydrogen) atoms. The Kier molecular flexibility index (Phi) is 5.44. The highest BCUT2D eigenvalue weighted by molar-refractivity contribution is 6.31. The molecule has 1 aliphatic heterocycles. The Morgan fingerprint density at radius 1 is 1.35 bits per heavy atom. The molecule has 1 aromatic rings. The fraction of sp³-hybridized carbons (Fsp3) is 0.611. The summed E-state index contributed by atoms with van der Waals surface area (Å²) in [7, 11) is 3.90. The molecule has 1 aliphatic carbocycles. The maximum Gasteiger partial charge on any atom is 0.193 e. The molecule has 1 heterocycles. The Balaban J connectivity index is 1.48. The highest BCUT2D eigenvalue weighted by atomic mass is 35.5. The van der Waals surface area contributed by atoms with E-state index in [4.69, 9.17) is 11.6 Å². The monoisotopic (exact) mass is 334 g/mol. The number of aliphatic imine (C=N–C) groups is 1. The highest BCUT2D eigenvalue weighted by Gasteiger charge is 2.34. The lowest BCUT2D eigenvalue weighted by molar-refractivity contribution is 0.313. The van der Waals surface area contributed by atoms with Crippen LogP contribution in [0.1, 0.15) is 24.8 Å². The number of nitrogens with one attached hydrogen (secondary N) is 1. The van der Waals surface area contributed by atoms with E-state index in [-0.39, 0.29) is 0 Å². The molecule has 1 unspecified atom stereocenters. The minimum Gasteiger partial charge on any atom is -0.356 e. The van der Waals surface area contributed by atoms with Gasteiger partial charge in [0.25, 0.3) is 0 Å². The number of likely N-dealkylation sites (tertiary alicyclic amines) is 1. The van der Waals surface area contributed by atoms with Crippen LogP contribution >= 0.6 is 11.6 Å². The van der Waals surface area contributed by atoms with Crippen molar-refractivity contribution in [2.75, 3.05) is 33.7 Å².